The maximum atomic E-state index is 12.0. The Labute approximate surface area is 185 Å². The molecule has 0 aliphatic carbocycles. The average molecular weight is 506 g/mol. The summed E-state index contributed by atoms with van der Waals surface area (Å²) in [5, 5.41) is 11.6. The van der Waals surface area contributed by atoms with Gasteiger partial charge in [0.05, 0.1) is 12.5 Å². The van der Waals surface area contributed by atoms with Crippen molar-refractivity contribution in [1.82, 2.24) is 25.0 Å². The summed E-state index contributed by atoms with van der Waals surface area (Å²) in [6.07, 6.45) is 4.27. The number of likely N-dealkylation sites (tertiary alicyclic amines) is 1. The van der Waals surface area contributed by atoms with Gasteiger partial charge in [0.1, 0.15) is 12.2 Å². The molecule has 1 aromatic heterocycles. The van der Waals surface area contributed by atoms with Crippen LogP contribution in [0.4, 0.5) is 0 Å². The number of hydrogen-bond donors (Lipinski definition) is 1. The number of nitrogens with one attached hydrogen (secondary N) is 1. The van der Waals surface area contributed by atoms with Gasteiger partial charge in [0, 0.05) is 39.1 Å². The molecule has 0 spiro atoms. The summed E-state index contributed by atoms with van der Waals surface area (Å²) >= 11 is 0. The lowest BCUT2D eigenvalue weighted by Crippen LogP contribution is -2.47. The zero-order valence-corrected chi connectivity index (χ0v) is 19.9. The lowest BCUT2D eigenvalue weighted by molar-refractivity contribution is -0.149. The third-order valence-corrected chi connectivity index (χ3v) is 4.67. The van der Waals surface area contributed by atoms with Gasteiger partial charge >= 0.3 is 5.97 Å². The summed E-state index contributed by atoms with van der Waals surface area (Å²) in [4.78, 5) is 19.0. The fourth-order valence-electron chi connectivity index (χ4n) is 3.15. The zero-order valence-electron chi connectivity index (χ0n) is 17.6. The normalized spacial score (nSPS) is 15.5. The van der Waals surface area contributed by atoms with Gasteiger partial charge in [0.2, 0.25) is 0 Å². The smallest absolute Gasteiger partial charge is 0.309 e. The molecule has 160 valence electrons. The molecule has 1 saturated heterocycles. The maximum absolute atomic E-state index is 12.0. The van der Waals surface area contributed by atoms with E-state index in [2.05, 4.69) is 45.8 Å². The van der Waals surface area contributed by atoms with Crippen molar-refractivity contribution in [2.75, 3.05) is 32.8 Å². The van der Waals surface area contributed by atoms with E-state index in [1.54, 1.807) is 6.33 Å². The van der Waals surface area contributed by atoms with Crippen LogP contribution < -0.4 is 5.32 Å². The molecule has 28 heavy (non-hydrogen) atoms. The van der Waals surface area contributed by atoms with Crippen LogP contribution in [0.1, 0.15) is 46.4 Å². The first-order valence-corrected chi connectivity index (χ1v) is 10.1. The summed E-state index contributed by atoms with van der Waals surface area (Å²) in [6.45, 7) is 12.7. The summed E-state index contributed by atoms with van der Waals surface area (Å²) < 4.78 is 7.24. The van der Waals surface area contributed by atoms with Crippen LogP contribution in [0.3, 0.4) is 0 Å². The number of aryl methyl sites for hydroxylation is 1. The molecule has 0 atom stereocenters. The molecule has 0 bridgehead atoms. The van der Waals surface area contributed by atoms with Crippen LogP contribution in [0, 0.1) is 11.8 Å². The Hall–Kier alpha value is -1.39. The number of nitrogens with zero attached hydrogens (tertiary/aromatic N) is 5. The SMILES string of the molecule is CCOC(=O)C1CCN(C(=NCC(C)C)NCCn2cnnc2CC)CC1.I. The molecule has 0 unspecified atom stereocenters. The number of halogens is 1. The molecule has 0 saturated carbocycles. The van der Waals surface area contributed by atoms with E-state index in [0.29, 0.717) is 12.5 Å². The van der Waals surface area contributed by atoms with E-state index in [9.17, 15) is 4.79 Å². The van der Waals surface area contributed by atoms with E-state index in [1.807, 2.05) is 6.92 Å². The largest absolute Gasteiger partial charge is 0.466 e. The van der Waals surface area contributed by atoms with Crippen molar-refractivity contribution >= 4 is 35.9 Å². The number of esters is 1. The Bertz CT molecular complexity index is 611. The molecule has 1 fully saturated rings. The highest BCUT2D eigenvalue weighted by Gasteiger charge is 2.27. The number of aromatic nitrogens is 3. The molecule has 2 rings (SSSR count). The number of carbonyl (C=O) groups excluding carboxylic acids is 1. The van der Waals surface area contributed by atoms with Gasteiger partial charge in [-0.05, 0) is 25.7 Å². The van der Waals surface area contributed by atoms with Crippen LogP contribution >= 0.6 is 24.0 Å². The molecular formula is C19H35IN6O2. The molecule has 1 aliphatic rings. The van der Waals surface area contributed by atoms with Gasteiger partial charge in [-0.1, -0.05) is 20.8 Å². The molecule has 0 radical (unpaired) electrons. The van der Waals surface area contributed by atoms with Gasteiger partial charge in [-0.25, -0.2) is 0 Å². The summed E-state index contributed by atoms with van der Waals surface area (Å²) in [5.41, 5.74) is 0. The van der Waals surface area contributed by atoms with Gasteiger partial charge < -0.3 is 19.5 Å². The van der Waals surface area contributed by atoms with Gasteiger partial charge in [0.15, 0.2) is 5.96 Å². The van der Waals surface area contributed by atoms with Crippen LogP contribution in [-0.4, -0.2) is 64.4 Å². The number of aliphatic imine (C=N–C) groups is 1. The Morgan fingerprint density at radius 2 is 2.07 bits per heavy atom. The summed E-state index contributed by atoms with van der Waals surface area (Å²) in [5.74, 6) is 2.37. The second-order valence-electron chi connectivity index (χ2n) is 7.29. The van der Waals surface area contributed by atoms with Crippen LogP contribution in [0.15, 0.2) is 11.3 Å². The van der Waals surface area contributed by atoms with Crippen LogP contribution in [0.2, 0.25) is 0 Å². The first-order valence-electron chi connectivity index (χ1n) is 10.1. The highest BCUT2D eigenvalue weighted by Crippen LogP contribution is 2.19. The van der Waals surface area contributed by atoms with Crippen molar-refractivity contribution in [2.45, 2.75) is 53.5 Å². The van der Waals surface area contributed by atoms with Gasteiger partial charge in [0.25, 0.3) is 0 Å². The molecule has 1 aromatic rings. The number of guanidine groups is 1. The molecule has 1 aliphatic heterocycles. The average Bonchev–Trinajstić information content (AvgIpc) is 3.12. The Morgan fingerprint density at radius 1 is 1.36 bits per heavy atom. The van der Waals surface area contributed by atoms with E-state index in [1.165, 1.54) is 0 Å². The minimum atomic E-state index is -0.0644. The van der Waals surface area contributed by atoms with E-state index in [-0.39, 0.29) is 35.9 Å². The van der Waals surface area contributed by atoms with Gasteiger partial charge in [-0.3, -0.25) is 9.79 Å². The first-order chi connectivity index (χ1) is 13.0. The van der Waals surface area contributed by atoms with Crippen molar-refractivity contribution in [2.24, 2.45) is 16.8 Å². The summed E-state index contributed by atoms with van der Waals surface area (Å²) in [7, 11) is 0. The predicted octanol–water partition coefficient (Wildman–Crippen LogP) is 2.34. The highest BCUT2D eigenvalue weighted by molar-refractivity contribution is 14.0. The lowest BCUT2D eigenvalue weighted by atomic mass is 9.97. The van der Waals surface area contributed by atoms with Crippen molar-refractivity contribution < 1.29 is 9.53 Å². The zero-order chi connectivity index (χ0) is 19.6. The van der Waals surface area contributed by atoms with Crippen LogP contribution in [0.25, 0.3) is 0 Å². The van der Waals surface area contributed by atoms with Crippen molar-refractivity contribution in [3.05, 3.63) is 12.2 Å². The monoisotopic (exact) mass is 506 g/mol. The Balaban J connectivity index is 0.00000392. The number of hydrogen-bond acceptors (Lipinski definition) is 5. The fraction of sp³-hybridized carbons (Fsp3) is 0.789. The third-order valence-electron chi connectivity index (χ3n) is 4.67. The van der Waals surface area contributed by atoms with Crippen molar-refractivity contribution in [3.63, 3.8) is 0 Å². The van der Waals surface area contributed by atoms with Crippen molar-refractivity contribution in [1.29, 1.82) is 0 Å². The topological polar surface area (TPSA) is 84.6 Å². The Morgan fingerprint density at radius 3 is 2.68 bits per heavy atom. The lowest BCUT2D eigenvalue weighted by Gasteiger charge is -2.33. The molecule has 2 heterocycles. The predicted molar refractivity (Wildman–Crippen MR) is 121 cm³/mol. The number of ether oxygens (including phenoxy) is 1. The summed E-state index contributed by atoms with van der Waals surface area (Å²) in [6, 6.07) is 0. The molecule has 9 heteroatoms. The van der Waals surface area contributed by atoms with E-state index in [0.717, 1.165) is 63.8 Å². The number of carbonyl (C=O) groups is 1. The minimum Gasteiger partial charge on any atom is -0.466 e. The number of rotatable bonds is 8. The van der Waals surface area contributed by atoms with E-state index < -0.39 is 0 Å². The standard InChI is InChI=1S/C19H34N6O2.HI/c1-5-17-23-22-14-25(17)12-9-20-19(21-13-15(3)4)24-10-7-16(8-11-24)18(26)27-6-2;/h14-16H,5-13H2,1-4H3,(H,20,21);1H. The number of piperidine rings is 1. The molecule has 0 aromatic carbocycles. The van der Waals surface area contributed by atoms with E-state index >= 15 is 0 Å². The first kappa shape index (κ1) is 24.6. The second-order valence-corrected chi connectivity index (χ2v) is 7.29. The van der Waals surface area contributed by atoms with Gasteiger partial charge in [-0.2, -0.15) is 0 Å². The molecule has 8 nitrogen and oxygen atoms in total. The van der Waals surface area contributed by atoms with Gasteiger partial charge in [-0.15, -0.1) is 34.2 Å². The fourth-order valence-corrected chi connectivity index (χ4v) is 3.15. The minimum absolute atomic E-state index is 0. The molecular weight excluding hydrogens is 471 g/mol. The van der Waals surface area contributed by atoms with Crippen molar-refractivity contribution in [3.8, 4) is 0 Å². The quantitative estimate of drug-likeness (QED) is 0.252. The molecule has 0 amide bonds. The van der Waals surface area contributed by atoms with E-state index in [4.69, 9.17) is 9.73 Å². The van der Waals surface area contributed by atoms with Crippen LogP contribution in [-0.2, 0) is 22.5 Å². The molecule has 1 N–H and O–H groups in total. The van der Waals surface area contributed by atoms with Crippen LogP contribution in [0.5, 0.6) is 0 Å². The Kier molecular flexibility index (Phi) is 11.4. The second kappa shape index (κ2) is 12.9. The highest BCUT2D eigenvalue weighted by atomic mass is 127. The third kappa shape index (κ3) is 7.56. The maximum Gasteiger partial charge on any atom is 0.309 e.